The molecule has 0 spiro atoms. The molecule has 5 rings (SSSR count). The Balaban J connectivity index is 1.34. The average molecular weight is 604 g/mol. The number of nitrogens with one attached hydrogen (secondary N) is 1. The van der Waals surface area contributed by atoms with Crippen molar-refractivity contribution in [1.82, 2.24) is 15.2 Å². The predicted octanol–water partition coefficient (Wildman–Crippen LogP) is 5.72. The first kappa shape index (κ1) is 23.4. The monoisotopic (exact) mass is 603 g/mol. The number of hydrogen-bond donors (Lipinski definition) is 1. The van der Waals surface area contributed by atoms with Crippen LogP contribution in [0, 0.1) is 17.6 Å². The third-order valence-electron chi connectivity index (χ3n) is 5.73. The van der Waals surface area contributed by atoms with E-state index in [1.807, 2.05) is 55.1 Å². The van der Waals surface area contributed by atoms with Gasteiger partial charge < -0.3 is 14.6 Å². The van der Waals surface area contributed by atoms with Crippen LogP contribution in [0.5, 0.6) is 0 Å². The van der Waals surface area contributed by atoms with E-state index in [1.54, 1.807) is 17.8 Å². The Morgan fingerprint density at radius 3 is 2.85 bits per heavy atom. The number of aryl methyl sites for hydroxylation is 2. The van der Waals surface area contributed by atoms with E-state index in [9.17, 15) is 9.59 Å². The van der Waals surface area contributed by atoms with Gasteiger partial charge in [-0.2, -0.15) is 0 Å². The lowest BCUT2D eigenvalue weighted by Crippen LogP contribution is -2.44. The minimum atomic E-state index is -0.169. The average Bonchev–Trinajstić information content (AvgIpc) is 3.53. The largest absolute Gasteiger partial charge is 0.450 e. The van der Waals surface area contributed by atoms with Crippen LogP contribution in [0.25, 0.3) is 21.4 Å². The van der Waals surface area contributed by atoms with Gasteiger partial charge in [0.15, 0.2) is 3.77 Å². The number of benzene rings is 2. The van der Waals surface area contributed by atoms with Crippen LogP contribution < -0.4 is 5.32 Å². The summed E-state index contributed by atoms with van der Waals surface area (Å²) in [4.78, 5) is 33.9. The number of carbonyl (C=O) groups is 2. The van der Waals surface area contributed by atoms with E-state index >= 15 is 0 Å². The zero-order chi connectivity index (χ0) is 23.8. The second-order valence-electron chi connectivity index (χ2n) is 8.19. The molecule has 1 saturated heterocycles. The number of nitrogens with zero attached hydrogens (tertiary/aromatic N) is 2. The number of rotatable bonds is 5. The summed E-state index contributed by atoms with van der Waals surface area (Å²) in [6, 6.07) is 15.4. The molecule has 1 aliphatic rings. The molecule has 2 amide bonds. The highest BCUT2D eigenvalue weighted by Gasteiger charge is 2.33. The molecule has 1 unspecified atom stereocenters. The van der Waals surface area contributed by atoms with Crippen LogP contribution in [0.3, 0.4) is 0 Å². The highest BCUT2D eigenvalue weighted by molar-refractivity contribution is 14.1. The van der Waals surface area contributed by atoms with Gasteiger partial charge in [-0.3, -0.25) is 9.59 Å². The minimum Gasteiger partial charge on any atom is -0.450 e. The second-order valence-corrected chi connectivity index (χ2v) is 11.5. The summed E-state index contributed by atoms with van der Waals surface area (Å²) in [6.07, 6.45) is 0. The Morgan fingerprint density at radius 2 is 2.03 bits per heavy atom. The molecule has 1 fully saturated rings. The summed E-state index contributed by atoms with van der Waals surface area (Å²) in [5.41, 5.74) is 3.90. The van der Waals surface area contributed by atoms with Crippen LogP contribution in [-0.2, 0) is 0 Å². The van der Waals surface area contributed by atoms with Crippen molar-refractivity contribution in [2.24, 2.45) is 0 Å². The molecule has 0 aliphatic carbocycles. The van der Waals surface area contributed by atoms with Crippen molar-refractivity contribution < 1.29 is 14.0 Å². The van der Waals surface area contributed by atoms with Crippen molar-refractivity contribution in [3.05, 3.63) is 74.1 Å². The lowest BCUT2D eigenvalue weighted by atomic mass is 10.1. The van der Waals surface area contributed by atoms with Crippen molar-refractivity contribution >= 4 is 68.5 Å². The molecule has 3 heterocycles. The highest BCUT2D eigenvalue weighted by Crippen LogP contribution is 2.33. The number of furan rings is 1. The third kappa shape index (κ3) is 4.60. The maximum Gasteiger partial charge on any atom is 0.275 e. The molecule has 2 aromatic carbocycles. The first-order valence-corrected chi connectivity index (χ1v) is 13.8. The number of aromatic nitrogens is 1. The molecule has 2 aromatic heterocycles. The Bertz CT molecular complexity index is 1400. The molecule has 1 aliphatic heterocycles. The lowest BCUT2D eigenvalue weighted by molar-refractivity contribution is 0.0732. The number of fused-ring (bicyclic) bond motifs is 1. The second kappa shape index (κ2) is 9.71. The van der Waals surface area contributed by atoms with Gasteiger partial charge in [-0.1, -0.05) is 35.9 Å². The zero-order valence-corrected chi connectivity index (χ0v) is 22.4. The van der Waals surface area contributed by atoms with Crippen molar-refractivity contribution in [2.45, 2.75) is 19.9 Å². The Morgan fingerprint density at radius 1 is 1.21 bits per heavy atom. The van der Waals surface area contributed by atoms with Crippen LogP contribution in [-0.4, -0.2) is 45.9 Å². The number of carbonyl (C=O) groups excluding carboxylic acids is 2. The maximum absolute atomic E-state index is 13.6. The third-order valence-corrected chi connectivity index (χ3v) is 8.37. The van der Waals surface area contributed by atoms with E-state index in [1.165, 1.54) is 11.3 Å². The van der Waals surface area contributed by atoms with Crippen LogP contribution in [0.15, 0.2) is 52.9 Å². The fourth-order valence-corrected chi connectivity index (χ4v) is 6.76. The summed E-state index contributed by atoms with van der Waals surface area (Å²) in [6.45, 7) is 4.35. The molecule has 0 radical (unpaired) electrons. The van der Waals surface area contributed by atoms with Crippen LogP contribution >= 0.6 is 45.7 Å². The summed E-state index contributed by atoms with van der Waals surface area (Å²) in [5.74, 6) is 1.09. The van der Waals surface area contributed by atoms with Crippen molar-refractivity contribution in [3.63, 3.8) is 0 Å². The molecule has 0 saturated carbocycles. The Labute approximate surface area is 219 Å². The molecular weight excluding hydrogens is 581 g/mol. The molecule has 174 valence electrons. The molecule has 1 N–H and O–H groups in total. The van der Waals surface area contributed by atoms with Gasteiger partial charge >= 0.3 is 0 Å². The van der Waals surface area contributed by atoms with Gasteiger partial charge in [0.05, 0.1) is 27.4 Å². The van der Waals surface area contributed by atoms with E-state index in [0.717, 1.165) is 35.9 Å². The van der Waals surface area contributed by atoms with Crippen LogP contribution in [0.2, 0.25) is 0 Å². The topological polar surface area (TPSA) is 75.4 Å². The summed E-state index contributed by atoms with van der Waals surface area (Å²) in [5, 5.41) is 4.68. The Kier molecular flexibility index (Phi) is 6.67. The number of halogens is 1. The van der Waals surface area contributed by atoms with Gasteiger partial charge in [0.25, 0.3) is 11.8 Å². The first-order chi connectivity index (χ1) is 16.4. The smallest absolute Gasteiger partial charge is 0.275 e. The van der Waals surface area contributed by atoms with Crippen LogP contribution in [0.4, 0.5) is 0 Å². The molecule has 34 heavy (non-hydrogen) atoms. The number of thioether (sulfide) groups is 1. The van der Waals surface area contributed by atoms with Gasteiger partial charge in [-0.25, -0.2) is 4.98 Å². The fourth-order valence-electron chi connectivity index (χ4n) is 4.10. The maximum atomic E-state index is 13.6. The fraction of sp³-hybridized carbons (Fsp3) is 0.240. The summed E-state index contributed by atoms with van der Waals surface area (Å²) < 4.78 is 6.37. The molecule has 6 nitrogen and oxygen atoms in total. The van der Waals surface area contributed by atoms with E-state index < -0.39 is 0 Å². The lowest BCUT2D eigenvalue weighted by Gasteiger charge is -2.24. The number of amides is 2. The van der Waals surface area contributed by atoms with Crippen molar-refractivity contribution in [2.75, 3.05) is 18.2 Å². The summed E-state index contributed by atoms with van der Waals surface area (Å²) >= 11 is 5.33. The van der Waals surface area contributed by atoms with E-state index in [4.69, 9.17) is 4.42 Å². The van der Waals surface area contributed by atoms with Gasteiger partial charge in [-0.15, -0.1) is 23.1 Å². The zero-order valence-electron chi connectivity index (χ0n) is 18.6. The first-order valence-electron chi connectivity index (χ1n) is 10.8. The number of thiazole rings is 1. The van der Waals surface area contributed by atoms with Crippen molar-refractivity contribution in [1.29, 1.82) is 0 Å². The Hall–Kier alpha value is -2.37. The van der Waals surface area contributed by atoms with Gasteiger partial charge in [0.1, 0.15) is 11.3 Å². The van der Waals surface area contributed by atoms with E-state index in [2.05, 4.69) is 39.0 Å². The molecule has 1 atom stereocenters. The molecule has 9 heteroatoms. The van der Waals surface area contributed by atoms with Crippen LogP contribution in [0.1, 0.15) is 31.4 Å². The van der Waals surface area contributed by atoms with Gasteiger partial charge in [0, 0.05) is 17.7 Å². The highest BCUT2D eigenvalue weighted by atomic mass is 127. The normalized spacial score (nSPS) is 15.7. The molecule has 4 aromatic rings. The quantitative estimate of drug-likeness (QED) is 0.296. The molecule has 0 bridgehead atoms. The summed E-state index contributed by atoms with van der Waals surface area (Å²) in [7, 11) is 0. The molecular formula is C25H22IN3O3S2. The minimum absolute atomic E-state index is 0.0865. The number of hydrogen-bond acceptors (Lipinski definition) is 6. The standard InChI is InChI=1S/C25H22IN3O3S2/c1-14-5-3-6-16(9-14)23-22(28-15(2)34-23)25(31)29-13-33-12-17(29)11-27-24(30)18-7-4-8-20-19(18)10-21(26)32-20/h3-10,17H,11-13H2,1-2H3,(H,27,30). The van der Waals surface area contributed by atoms with Gasteiger partial charge in [0.2, 0.25) is 0 Å². The predicted molar refractivity (Wildman–Crippen MR) is 146 cm³/mol. The van der Waals surface area contributed by atoms with E-state index in [-0.39, 0.29) is 17.9 Å². The van der Waals surface area contributed by atoms with Gasteiger partial charge in [-0.05, 0) is 60.2 Å². The SMILES string of the molecule is Cc1cccc(-c2sc(C)nc2C(=O)N2CSCC2CNC(=O)c2cccc3oc(I)cc23)c1. The van der Waals surface area contributed by atoms with E-state index in [0.29, 0.717) is 29.3 Å². The van der Waals surface area contributed by atoms with Crippen molar-refractivity contribution in [3.8, 4) is 10.4 Å².